The summed E-state index contributed by atoms with van der Waals surface area (Å²) in [5, 5.41) is 5.00. The summed E-state index contributed by atoms with van der Waals surface area (Å²) in [5.41, 5.74) is 4.95. The van der Waals surface area contributed by atoms with Crippen LogP contribution in [0.4, 0.5) is 5.69 Å². The van der Waals surface area contributed by atoms with Gasteiger partial charge in [0.25, 0.3) is 0 Å². The molecule has 0 atom stereocenters. The molecule has 0 fully saturated rings. The number of benzene rings is 4. The lowest BCUT2D eigenvalue weighted by Gasteiger charge is -2.16. The highest BCUT2D eigenvalue weighted by Crippen LogP contribution is 2.35. The predicted molar refractivity (Wildman–Crippen MR) is 123 cm³/mol. The maximum Gasteiger partial charge on any atom is 0.0699 e. The molecule has 1 heteroatoms. The minimum absolute atomic E-state index is 0.440. The van der Waals surface area contributed by atoms with Crippen LogP contribution in [0.3, 0.4) is 0 Å². The van der Waals surface area contributed by atoms with E-state index in [1.807, 2.05) is 0 Å². The Morgan fingerprint density at radius 1 is 0.643 bits per heavy atom. The van der Waals surface area contributed by atoms with Gasteiger partial charge < -0.3 is 0 Å². The van der Waals surface area contributed by atoms with E-state index in [4.69, 9.17) is 4.99 Å². The SMILES string of the molecule is CC(C)c1cccc(C(C)C)c1/N=C\c1c2ccccc2cc2ccccc12. The molecule has 0 aliphatic carbocycles. The molecule has 0 aliphatic rings. The topological polar surface area (TPSA) is 12.4 Å². The van der Waals surface area contributed by atoms with Gasteiger partial charge in [-0.25, -0.2) is 0 Å². The summed E-state index contributed by atoms with van der Waals surface area (Å²) in [6.07, 6.45) is 2.08. The maximum atomic E-state index is 5.09. The molecule has 0 unspecified atom stereocenters. The average Bonchev–Trinajstić information content (AvgIpc) is 2.70. The summed E-state index contributed by atoms with van der Waals surface area (Å²) in [6, 6.07) is 26.0. The molecule has 0 N–H and O–H groups in total. The number of aliphatic imine (C=N–C) groups is 1. The van der Waals surface area contributed by atoms with Crippen molar-refractivity contribution in [1.82, 2.24) is 0 Å². The number of fused-ring (bicyclic) bond motifs is 2. The first kappa shape index (κ1) is 18.4. The van der Waals surface area contributed by atoms with Gasteiger partial charge >= 0.3 is 0 Å². The van der Waals surface area contributed by atoms with Gasteiger partial charge in [-0.1, -0.05) is 94.4 Å². The number of hydrogen-bond acceptors (Lipinski definition) is 1. The number of para-hydroxylation sites is 1. The molecule has 4 aromatic carbocycles. The normalized spacial score (nSPS) is 12.1. The summed E-state index contributed by atoms with van der Waals surface area (Å²) in [5.74, 6) is 0.880. The fourth-order valence-corrected chi connectivity index (χ4v) is 3.98. The second kappa shape index (κ2) is 7.59. The van der Waals surface area contributed by atoms with Crippen LogP contribution in [-0.4, -0.2) is 6.21 Å². The highest BCUT2D eigenvalue weighted by atomic mass is 14.7. The van der Waals surface area contributed by atoms with E-state index in [1.165, 1.54) is 38.2 Å². The van der Waals surface area contributed by atoms with Crippen LogP contribution in [0.15, 0.2) is 77.8 Å². The third-order valence-electron chi connectivity index (χ3n) is 5.48. The third kappa shape index (κ3) is 3.33. The van der Waals surface area contributed by atoms with Crippen molar-refractivity contribution in [3.8, 4) is 0 Å². The van der Waals surface area contributed by atoms with Crippen LogP contribution >= 0.6 is 0 Å². The van der Waals surface area contributed by atoms with E-state index >= 15 is 0 Å². The van der Waals surface area contributed by atoms with Gasteiger partial charge in [-0.15, -0.1) is 0 Å². The zero-order valence-electron chi connectivity index (χ0n) is 17.1. The molecule has 0 bridgehead atoms. The standard InChI is InChI=1S/C27H27N/c1-18(2)22-14-9-15-23(19(3)4)27(22)28-17-26-24-12-7-5-10-20(24)16-21-11-6-8-13-25(21)26/h5-19H,1-4H3/b28-17-. The minimum atomic E-state index is 0.440. The predicted octanol–water partition coefficient (Wildman–Crippen LogP) is 7.99. The Bertz CT molecular complexity index is 1090. The molecule has 28 heavy (non-hydrogen) atoms. The molecule has 0 aromatic heterocycles. The van der Waals surface area contributed by atoms with Crippen LogP contribution in [0.25, 0.3) is 21.5 Å². The first-order chi connectivity index (χ1) is 13.6. The van der Waals surface area contributed by atoms with Crippen molar-refractivity contribution in [3.05, 3.63) is 89.5 Å². The van der Waals surface area contributed by atoms with Gasteiger partial charge in [-0.2, -0.15) is 0 Å². The molecule has 4 rings (SSSR count). The molecule has 0 aliphatic heterocycles. The molecule has 0 amide bonds. The van der Waals surface area contributed by atoms with Gasteiger partial charge in [0.15, 0.2) is 0 Å². The van der Waals surface area contributed by atoms with Crippen molar-refractivity contribution in [3.63, 3.8) is 0 Å². The molecule has 0 spiro atoms. The van der Waals surface area contributed by atoms with Crippen molar-refractivity contribution >= 4 is 33.4 Å². The quantitative estimate of drug-likeness (QED) is 0.257. The van der Waals surface area contributed by atoms with E-state index in [0.29, 0.717) is 11.8 Å². The largest absolute Gasteiger partial charge is 0.256 e. The molecule has 140 valence electrons. The van der Waals surface area contributed by atoms with Gasteiger partial charge in [0.2, 0.25) is 0 Å². The zero-order valence-corrected chi connectivity index (χ0v) is 17.1. The van der Waals surface area contributed by atoms with Crippen molar-refractivity contribution in [2.24, 2.45) is 4.99 Å². The van der Waals surface area contributed by atoms with Gasteiger partial charge in [0, 0.05) is 11.8 Å². The van der Waals surface area contributed by atoms with Crippen molar-refractivity contribution in [1.29, 1.82) is 0 Å². The third-order valence-corrected chi connectivity index (χ3v) is 5.48. The van der Waals surface area contributed by atoms with Gasteiger partial charge in [-0.05, 0) is 50.6 Å². The summed E-state index contributed by atoms with van der Waals surface area (Å²) in [6.45, 7) is 8.97. The molecule has 4 aromatic rings. The molecular weight excluding hydrogens is 338 g/mol. The fourth-order valence-electron chi connectivity index (χ4n) is 3.98. The van der Waals surface area contributed by atoms with E-state index in [9.17, 15) is 0 Å². The maximum absolute atomic E-state index is 5.09. The second-order valence-electron chi connectivity index (χ2n) is 8.09. The first-order valence-electron chi connectivity index (χ1n) is 10.1. The Labute approximate surface area is 167 Å². The lowest BCUT2D eigenvalue weighted by atomic mass is 9.92. The fraction of sp³-hybridized carbons (Fsp3) is 0.222. The highest BCUT2D eigenvalue weighted by molar-refractivity contribution is 6.13. The molecule has 0 saturated carbocycles. The van der Waals surface area contributed by atoms with Gasteiger partial charge in [-0.3, -0.25) is 4.99 Å². The second-order valence-corrected chi connectivity index (χ2v) is 8.09. The molecule has 0 saturated heterocycles. The Morgan fingerprint density at radius 2 is 1.14 bits per heavy atom. The molecule has 0 heterocycles. The van der Waals surface area contributed by atoms with Crippen LogP contribution in [-0.2, 0) is 0 Å². The number of hydrogen-bond donors (Lipinski definition) is 0. The Hall–Kier alpha value is -2.93. The first-order valence-corrected chi connectivity index (χ1v) is 10.1. The van der Waals surface area contributed by atoms with Crippen LogP contribution < -0.4 is 0 Å². The van der Waals surface area contributed by atoms with E-state index in [0.717, 1.165) is 5.69 Å². The monoisotopic (exact) mass is 365 g/mol. The Balaban J connectivity index is 1.97. The lowest BCUT2D eigenvalue weighted by molar-refractivity contribution is 0.835. The average molecular weight is 366 g/mol. The Kier molecular flexibility index (Phi) is 5.00. The van der Waals surface area contributed by atoms with Crippen molar-refractivity contribution < 1.29 is 0 Å². The molecule has 1 nitrogen and oxygen atoms in total. The van der Waals surface area contributed by atoms with Crippen molar-refractivity contribution in [2.45, 2.75) is 39.5 Å². The summed E-state index contributed by atoms with van der Waals surface area (Å²) < 4.78 is 0. The molecular formula is C27H27N. The highest BCUT2D eigenvalue weighted by Gasteiger charge is 2.13. The van der Waals surface area contributed by atoms with E-state index in [1.54, 1.807) is 0 Å². The number of nitrogens with zero attached hydrogens (tertiary/aromatic N) is 1. The van der Waals surface area contributed by atoms with E-state index in [-0.39, 0.29) is 0 Å². The zero-order chi connectivity index (χ0) is 19.7. The van der Waals surface area contributed by atoms with Crippen molar-refractivity contribution in [2.75, 3.05) is 0 Å². The van der Waals surface area contributed by atoms with Crippen LogP contribution in [0.1, 0.15) is 56.2 Å². The number of rotatable bonds is 4. The van der Waals surface area contributed by atoms with Gasteiger partial charge in [0.1, 0.15) is 0 Å². The van der Waals surface area contributed by atoms with Crippen LogP contribution in [0.2, 0.25) is 0 Å². The van der Waals surface area contributed by atoms with Gasteiger partial charge in [0.05, 0.1) is 5.69 Å². The molecule has 0 radical (unpaired) electrons. The Morgan fingerprint density at radius 3 is 1.64 bits per heavy atom. The lowest BCUT2D eigenvalue weighted by Crippen LogP contribution is -1.96. The smallest absolute Gasteiger partial charge is 0.0699 e. The van der Waals surface area contributed by atoms with Crippen LogP contribution in [0, 0.1) is 0 Å². The summed E-state index contributed by atoms with van der Waals surface area (Å²) >= 11 is 0. The van der Waals surface area contributed by atoms with E-state index < -0.39 is 0 Å². The van der Waals surface area contributed by atoms with E-state index in [2.05, 4.69) is 107 Å². The summed E-state index contributed by atoms with van der Waals surface area (Å²) in [4.78, 5) is 5.09. The summed E-state index contributed by atoms with van der Waals surface area (Å²) in [7, 11) is 0. The van der Waals surface area contributed by atoms with Crippen LogP contribution in [0.5, 0.6) is 0 Å². The minimum Gasteiger partial charge on any atom is -0.256 e.